The van der Waals surface area contributed by atoms with Gasteiger partial charge in [0, 0.05) is 29.3 Å². The lowest BCUT2D eigenvalue weighted by atomic mass is 9.99. The fourth-order valence-electron chi connectivity index (χ4n) is 4.56. The van der Waals surface area contributed by atoms with Crippen molar-refractivity contribution in [3.8, 4) is 0 Å². The summed E-state index contributed by atoms with van der Waals surface area (Å²) in [5.74, 6) is 0.168. The molecule has 1 fully saturated rings. The Hall–Kier alpha value is -3.24. The van der Waals surface area contributed by atoms with Crippen molar-refractivity contribution >= 4 is 22.6 Å². The molecule has 1 saturated heterocycles. The van der Waals surface area contributed by atoms with Crippen molar-refractivity contribution in [2.45, 2.75) is 44.8 Å². The first-order chi connectivity index (χ1) is 16.2. The van der Waals surface area contributed by atoms with E-state index < -0.39 is 11.7 Å². The van der Waals surface area contributed by atoms with E-state index in [1.54, 1.807) is 23.1 Å². The van der Waals surface area contributed by atoms with Gasteiger partial charge in [-0.3, -0.25) is 9.78 Å². The normalized spacial score (nSPS) is 20.0. The van der Waals surface area contributed by atoms with Gasteiger partial charge in [-0.25, -0.2) is 4.98 Å². The van der Waals surface area contributed by atoms with Gasteiger partial charge in [0.1, 0.15) is 5.82 Å². The number of benzene rings is 1. The van der Waals surface area contributed by atoms with Crippen LogP contribution >= 0.6 is 0 Å². The average molecular weight is 472 g/mol. The van der Waals surface area contributed by atoms with Gasteiger partial charge in [0.25, 0.3) is 5.91 Å². The van der Waals surface area contributed by atoms with Gasteiger partial charge in [-0.1, -0.05) is 0 Å². The number of hydrogen-bond donors (Lipinski definition) is 1. The first-order valence-electron chi connectivity index (χ1n) is 11.0. The Kier molecular flexibility index (Phi) is 5.65. The summed E-state index contributed by atoms with van der Waals surface area (Å²) in [6, 6.07) is 7.30. The first-order valence-corrected chi connectivity index (χ1v) is 11.0. The Morgan fingerprint density at radius 3 is 2.76 bits per heavy atom. The lowest BCUT2D eigenvalue weighted by Gasteiger charge is -2.28. The standard InChI is InChI=1S/C24H23F3N4O3/c1-13-21-19(12-34-13)18-8-14(2-5-20(18)30-22(21)28)23(32)31(17-6-7-33-11-17)10-16-4-3-15(9-29-16)24(25,26)27/h2-5,8-9,13,17H,6-7,10-12H2,1H3,(H2,28,30)/t13-,17-/m0/s1. The maximum atomic E-state index is 13.6. The average Bonchev–Trinajstić information content (AvgIpc) is 3.47. The minimum atomic E-state index is -4.47. The summed E-state index contributed by atoms with van der Waals surface area (Å²) < 4.78 is 49.9. The number of rotatable bonds is 4. The predicted octanol–water partition coefficient (Wildman–Crippen LogP) is 4.25. The third kappa shape index (κ3) is 4.07. The van der Waals surface area contributed by atoms with E-state index in [9.17, 15) is 18.0 Å². The summed E-state index contributed by atoms with van der Waals surface area (Å²) in [5.41, 5.74) is 8.54. The number of carbonyl (C=O) groups excluding carboxylic acids is 1. The highest BCUT2D eigenvalue weighted by Gasteiger charge is 2.32. The van der Waals surface area contributed by atoms with Crippen LogP contribution in [0.1, 0.15) is 52.2 Å². The van der Waals surface area contributed by atoms with E-state index in [-0.39, 0.29) is 24.6 Å². The molecule has 34 heavy (non-hydrogen) atoms. The Morgan fingerprint density at radius 1 is 1.26 bits per heavy atom. The molecule has 0 saturated carbocycles. The molecule has 2 atom stereocenters. The van der Waals surface area contributed by atoms with Gasteiger partial charge < -0.3 is 20.1 Å². The predicted molar refractivity (Wildman–Crippen MR) is 118 cm³/mol. The van der Waals surface area contributed by atoms with E-state index in [0.29, 0.717) is 48.8 Å². The zero-order valence-electron chi connectivity index (χ0n) is 18.4. The highest BCUT2D eigenvalue weighted by molar-refractivity contribution is 5.99. The number of hydrogen-bond acceptors (Lipinski definition) is 6. The number of anilines is 1. The van der Waals surface area contributed by atoms with Crippen LogP contribution in [0.4, 0.5) is 19.0 Å². The molecule has 1 aromatic carbocycles. The van der Waals surface area contributed by atoms with Crippen molar-refractivity contribution in [2.24, 2.45) is 0 Å². The maximum absolute atomic E-state index is 13.6. The number of nitrogen functional groups attached to an aromatic ring is 1. The van der Waals surface area contributed by atoms with Crippen molar-refractivity contribution in [3.63, 3.8) is 0 Å². The molecule has 0 aliphatic carbocycles. The highest BCUT2D eigenvalue weighted by Crippen LogP contribution is 2.38. The van der Waals surface area contributed by atoms with Gasteiger partial charge in [-0.2, -0.15) is 13.2 Å². The van der Waals surface area contributed by atoms with Crippen LogP contribution in [0.3, 0.4) is 0 Å². The molecule has 0 spiro atoms. The maximum Gasteiger partial charge on any atom is 0.417 e. The fourth-order valence-corrected chi connectivity index (χ4v) is 4.56. The van der Waals surface area contributed by atoms with E-state index in [1.807, 2.05) is 6.92 Å². The van der Waals surface area contributed by atoms with Crippen molar-refractivity contribution in [1.82, 2.24) is 14.9 Å². The largest absolute Gasteiger partial charge is 0.417 e. The Bertz CT molecular complexity index is 1240. The summed E-state index contributed by atoms with van der Waals surface area (Å²) in [7, 11) is 0. The second kappa shape index (κ2) is 8.52. The number of amides is 1. The molecule has 1 amide bonds. The van der Waals surface area contributed by atoms with Gasteiger partial charge in [-0.05, 0) is 49.2 Å². The van der Waals surface area contributed by atoms with Crippen molar-refractivity contribution < 1.29 is 27.4 Å². The number of nitrogens with zero attached hydrogens (tertiary/aromatic N) is 3. The Labute approximate surface area is 193 Å². The summed E-state index contributed by atoms with van der Waals surface area (Å²) in [4.78, 5) is 23.7. The molecule has 0 bridgehead atoms. The number of fused-ring (bicyclic) bond motifs is 3. The smallest absolute Gasteiger partial charge is 0.383 e. The van der Waals surface area contributed by atoms with Crippen LogP contribution < -0.4 is 5.73 Å². The Balaban J connectivity index is 1.48. The van der Waals surface area contributed by atoms with Crippen molar-refractivity contribution in [1.29, 1.82) is 0 Å². The van der Waals surface area contributed by atoms with E-state index in [1.165, 1.54) is 6.07 Å². The zero-order chi connectivity index (χ0) is 24.0. The minimum absolute atomic E-state index is 0.0707. The van der Waals surface area contributed by atoms with E-state index in [0.717, 1.165) is 28.8 Å². The minimum Gasteiger partial charge on any atom is -0.383 e. The molecule has 178 valence electrons. The number of halogens is 3. The van der Waals surface area contributed by atoms with Crippen LogP contribution in [0.2, 0.25) is 0 Å². The number of ether oxygens (including phenoxy) is 2. The third-order valence-electron chi connectivity index (χ3n) is 6.39. The molecule has 2 aliphatic rings. The SMILES string of the molecule is C[C@@H]1OCc2c1c(N)nc1ccc(C(=O)N(Cc3ccc(C(F)(F)F)cn3)[C@H]3CCOC3)cc21. The molecule has 0 radical (unpaired) electrons. The summed E-state index contributed by atoms with van der Waals surface area (Å²) in [5, 5.41) is 0.801. The van der Waals surface area contributed by atoms with E-state index in [2.05, 4.69) is 9.97 Å². The number of pyridine rings is 2. The number of aromatic nitrogens is 2. The van der Waals surface area contributed by atoms with E-state index >= 15 is 0 Å². The van der Waals surface area contributed by atoms with Crippen LogP contribution in [0, 0.1) is 0 Å². The van der Waals surface area contributed by atoms with E-state index in [4.69, 9.17) is 15.2 Å². The monoisotopic (exact) mass is 472 g/mol. The molecule has 10 heteroatoms. The number of carbonyl (C=O) groups is 1. The third-order valence-corrected chi connectivity index (χ3v) is 6.39. The van der Waals surface area contributed by atoms with Gasteiger partial charge in [0.15, 0.2) is 0 Å². The molecule has 0 unspecified atom stereocenters. The second-order valence-electron chi connectivity index (χ2n) is 8.56. The highest BCUT2D eigenvalue weighted by atomic mass is 19.4. The molecular formula is C24H23F3N4O3. The Morgan fingerprint density at radius 2 is 2.09 bits per heavy atom. The summed E-state index contributed by atoms with van der Waals surface area (Å²) >= 11 is 0. The van der Waals surface area contributed by atoms with Gasteiger partial charge >= 0.3 is 6.18 Å². The zero-order valence-corrected chi connectivity index (χ0v) is 18.4. The van der Waals surface area contributed by atoms with Crippen LogP contribution in [0.15, 0.2) is 36.5 Å². The summed E-state index contributed by atoms with van der Waals surface area (Å²) in [6.45, 7) is 3.23. The second-order valence-corrected chi connectivity index (χ2v) is 8.56. The lowest BCUT2D eigenvalue weighted by molar-refractivity contribution is -0.137. The molecular weight excluding hydrogens is 449 g/mol. The van der Waals surface area contributed by atoms with Crippen molar-refractivity contribution in [2.75, 3.05) is 18.9 Å². The lowest BCUT2D eigenvalue weighted by Crippen LogP contribution is -2.40. The molecule has 2 aromatic heterocycles. The van der Waals surface area contributed by atoms with Gasteiger partial charge in [-0.15, -0.1) is 0 Å². The van der Waals surface area contributed by atoms with Gasteiger partial charge in [0.2, 0.25) is 0 Å². The molecule has 3 aromatic rings. The van der Waals surface area contributed by atoms with Crippen LogP contribution in [-0.2, 0) is 28.8 Å². The van der Waals surface area contributed by atoms with Crippen molar-refractivity contribution in [3.05, 3.63) is 64.5 Å². The fraction of sp³-hybridized carbons (Fsp3) is 0.375. The van der Waals surface area contributed by atoms with Crippen LogP contribution in [-0.4, -0.2) is 40.0 Å². The quantitative estimate of drug-likeness (QED) is 0.611. The number of alkyl halides is 3. The number of nitrogens with two attached hydrogens (primary N) is 1. The topological polar surface area (TPSA) is 90.6 Å². The van der Waals surface area contributed by atoms with Gasteiger partial charge in [0.05, 0.1) is 48.7 Å². The molecule has 5 rings (SSSR count). The summed E-state index contributed by atoms with van der Waals surface area (Å²) in [6.07, 6.45) is -3.22. The molecule has 2 aliphatic heterocycles. The molecule has 4 heterocycles. The molecule has 7 nitrogen and oxygen atoms in total. The first kappa shape index (κ1) is 22.5. The van der Waals surface area contributed by atoms with Crippen LogP contribution in [0.25, 0.3) is 10.9 Å². The van der Waals surface area contributed by atoms with Crippen LogP contribution in [0.5, 0.6) is 0 Å². The molecule has 2 N–H and O–H groups in total.